The van der Waals surface area contributed by atoms with Crippen LogP contribution < -0.4 is 0 Å². The summed E-state index contributed by atoms with van der Waals surface area (Å²) in [5.41, 5.74) is 1.61. The smallest absolute Gasteiger partial charge is 0.193 e. The van der Waals surface area contributed by atoms with E-state index in [0.717, 1.165) is 28.5 Å². The van der Waals surface area contributed by atoms with E-state index in [1.165, 1.54) is 0 Å². The molecular formula is C11H9BrO. The molecule has 2 aliphatic carbocycles. The largest absolute Gasteiger partial charge is 0.289 e. The van der Waals surface area contributed by atoms with Gasteiger partial charge in [-0.05, 0) is 12.8 Å². The van der Waals surface area contributed by atoms with Crippen LogP contribution in [0.5, 0.6) is 0 Å². The van der Waals surface area contributed by atoms with Gasteiger partial charge in [0.05, 0.1) is 0 Å². The number of rotatable bonds is 2. The summed E-state index contributed by atoms with van der Waals surface area (Å²) in [4.78, 5) is 11.7. The van der Waals surface area contributed by atoms with E-state index < -0.39 is 0 Å². The molecule has 0 amide bonds. The molecule has 0 heterocycles. The van der Waals surface area contributed by atoms with Crippen LogP contribution in [-0.4, -0.2) is 5.78 Å². The molecule has 0 bridgehead atoms. The number of allylic oxidation sites excluding steroid dienone is 8. The highest BCUT2D eigenvalue weighted by atomic mass is 79.9. The van der Waals surface area contributed by atoms with E-state index in [9.17, 15) is 4.79 Å². The minimum absolute atomic E-state index is 0.130. The Kier molecular flexibility index (Phi) is 2.32. The van der Waals surface area contributed by atoms with Gasteiger partial charge in [-0.2, -0.15) is 0 Å². The molecule has 0 aromatic heterocycles. The Morgan fingerprint density at radius 1 is 1.31 bits per heavy atom. The van der Waals surface area contributed by atoms with Gasteiger partial charge in [0.2, 0.25) is 0 Å². The topological polar surface area (TPSA) is 17.1 Å². The Morgan fingerprint density at radius 3 is 2.54 bits per heavy atom. The summed E-state index contributed by atoms with van der Waals surface area (Å²) in [6.07, 6.45) is 11.6. The molecule has 0 fully saturated rings. The third-order valence-corrected chi connectivity index (χ3v) is 2.91. The molecule has 0 N–H and O–H groups in total. The van der Waals surface area contributed by atoms with Crippen molar-refractivity contribution in [2.24, 2.45) is 0 Å². The lowest BCUT2D eigenvalue weighted by molar-refractivity contribution is -0.111. The lowest BCUT2D eigenvalue weighted by Crippen LogP contribution is -2.09. The highest BCUT2D eigenvalue weighted by molar-refractivity contribution is 9.12. The van der Waals surface area contributed by atoms with Crippen LogP contribution >= 0.6 is 15.9 Å². The molecule has 0 aromatic rings. The number of ketones is 1. The molecule has 2 rings (SSSR count). The fourth-order valence-electron chi connectivity index (χ4n) is 1.35. The molecule has 2 aliphatic rings. The number of hydrogen-bond acceptors (Lipinski definition) is 1. The van der Waals surface area contributed by atoms with E-state index >= 15 is 0 Å². The molecule has 1 nitrogen and oxygen atoms in total. The van der Waals surface area contributed by atoms with Gasteiger partial charge in [-0.25, -0.2) is 0 Å². The fraction of sp³-hybridized carbons (Fsp3) is 0.182. The Labute approximate surface area is 85.6 Å². The zero-order chi connectivity index (χ0) is 9.26. The maximum atomic E-state index is 11.7. The minimum atomic E-state index is 0.130. The van der Waals surface area contributed by atoms with Crippen LogP contribution in [0.1, 0.15) is 12.8 Å². The molecule has 0 saturated carbocycles. The summed E-state index contributed by atoms with van der Waals surface area (Å²) in [6.45, 7) is 0. The second kappa shape index (κ2) is 3.46. The van der Waals surface area contributed by atoms with Crippen LogP contribution in [0, 0.1) is 0 Å². The second-order valence-electron chi connectivity index (χ2n) is 3.06. The lowest BCUT2D eigenvalue weighted by atomic mass is 9.94. The average Bonchev–Trinajstić information content (AvgIpc) is 2.01. The van der Waals surface area contributed by atoms with Gasteiger partial charge in [-0.15, -0.1) is 0 Å². The van der Waals surface area contributed by atoms with Gasteiger partial charge >= 0.3 is 0 Å². The van der Waals surface area contributed by atoms with Gasteiger partial charge in [0.1, 0.15) is 0 Å². The fourth-order valence-corrected chi connectivity index (χ4v) is 1.92. The van der Waals surface area contributed by atoms with Crippen LogP contribution in [0.15, 0.2) is 46.0 Å². The molecule has 0 spiro atoms. The van der Waals surface area contributed by atoms with Crippen molar-refractivity contribution in [1.82, 2.24) is 0 Å². The summed E-state index contributed by atoms with van der Waals surface area (Å²) in [7, 11) is 0. The first-order chi connectivity index (χ1) is 6.29. The molecule has 0 aliphatic heterocycles. The van der Waals surface area contributed by atoms with Crippen molar-refractivity contribution in [2.45, 2.75) is 12.8 Å². The Hall–Kier alpha value is -0.890. The predicted octanol–water partition coefficient (Wildman–Crippen LogP) is 3.05. The zero-order valence-corrected chi connectivity index (χ0v) is 8.67. The first kappa shape index (κ1) is 8.70. The highest BCUT2D eigenvalue weighted by Gasteiger charge is 2.18. The van der Waals surface area contributed by atoms with Gasteiger partial charge in [0, 0.05) is 15.6 Å². The minimum Gasteiger partial charge on any atom is -0.289 e. The van der Waals surface area contributed by atoms with Gasteiger partial charge in [-0.3, -0.25) is 4.79 Å². The average molecular weight is 237 g/mol. The maximum absolute atomic E-state index is 11.7. The van der Waals surface area contributed by atoms with E-state index in [-0.39, 0.29) is 5.78 Å². The zero-order valence-electron chi connectivity index (χ0n) is 7.09. The molecule has 0 saturated heterocycles. The maximum Gasteiger partial charge on any atom is 0.193 e. The summed E-state index contributed by atoms with van der Waals surface area (Å²) >= 11 is 3.40. The number of hydrogen-bond donors (Lipinski definition) is 0. The van der Waals surface area contributed by atoms with E-state index in [1.807, 2.05) is 24.3 Å². The molecule has 0 atom stereocenters. The highest BCUT2D eigenvalue weighted by Crippen LogP contribution is 2.28. The first-order valence-corrected chi connectivity index (χ1v) is 5.07. The third kappa shape index (κ3) is 1.59. The summed E-state index contributed by atoms with van der Waals surface area (Å²) in [5.74, 6) is 0.130. The normalized spacial score (nSPS) is 19.9. The summed E-state index contributed by atoms with van der Waals surface area (Å²) in [6, 6.07) is 0. The number of carbonyl (C=O) groups is 1. The summed E-state index contributed by atoms with van der Waals surface area (Å²) in [5, 5.41) is 0. The second-order valence-corrected chi connectivity index (χ2v) is 3.91. The van der Waals surface area contributed by atoms with Crippen LogP contribution in [-0.2, 0) is 4.79 Å². The van der Waals surface area contributed by atoms with Crippen molar-refractivity contribution in [3.63, 3.8) is 0 Å². The molecular weight excluding hydrogens is 228 g/mol. The summed E-state index contributed by atoms with van der Waals surface area (Å²) < 4.78 is 0.935. The van der Waals surface area contributed by atoms with Crippen molar-refractivity contribution in [2.75, 3.05) is 0 Å². The van der Waals surface area contributed by atoms with Crippen LogP contribution in [0.2, 0.25) is 0 Å². The van der Waals surface area contributed by atoms with Gasteiger partial charge in [0.25, 0.3) is 0 Å². The molecule has 0 aromatic carbocycles. The van der Waals surface area contributed by atoms with Crippen LogP contribution in [0.3, 0.4) is 0 Å². The molecule has 0 unspecified atom stereocenters. The van der Waals surface area contributed by atoms with E-state index in [2.05, 4.69) is 22.0 Å². The van der Waals surface area contributed by atoms with E-state index in [1.54, 1.807) is 0 Å². The van der Waals surface area contributed by atoms with Crippen molar-refractivity contribution >= 4 is 21.7 Å². The Bertz CT molecular complexity index is 370. The number of Topliss-reactive ketones (excluding diaryl/α,β-unsaturated/α-hetero) is 1. The molecule has 0 radical (unpaired) electrons. The predicted molar refractivity (Wildman–Crippen MR) is 56.6 cm³/mol. The van der Waals surface area contributed by atoms with E-state index in [4.69, 9.17) is 0 Å². The lowest BCUT2D eigenvalue weighted by Gasteiger charge is -2.12. The van der Waals surface area contributed by atoms with Gasteiger partial charge in [-0.1, -0.05) is 46.3 Å². The van der Waals surface area contributed by atoms with Gasteiger partial charge in [0.15, 0.2) is 5.78 Å². The molecule has 13 heavy (non-hydrogen) atoms. The van der Waals surface area contributed by atoms with E-state index in [0.29, 0.717) is 0 Å². The standard InChI is InChI=1S/C11H9BrO/c12-10-7-2-1-6-9(10)11(13)8-4-3-5-8/h3-7H,1-2H2. The molecule has 2 heteroatoms. The van der Waals surface area contributed by atoms with Gasteiger partial charge < -0.3 is 0 Å². The van der Waals surface area contributed by atoms with Crippen molar-refractivity contribution in [1.29, 1.82) is 0 Å². The third-order valence-electron chi connectivity index (χ3n) is 2.15. The van der Waals surface area contributed by atoms with Crippen molar-refractivity contribution < 1.29 is 4.79 Å². The van der Waals surface area contributed by atoms with Crippen molar-refractivity contribution in [3.8, 4) is 0 Å². The SMILES string of the molecule is O=C(C1=CC=C1)C1=CCCC=C1Br. The Morgan fingerprint density at radius 2 is 2.00 bits per heavy atom. The Balaban J connectivity index is 2.20. The van der Waals surface area contributed by atoms with Crippen LogP contribution in [0.4, 0.5) is 0 Å². The molecule has 66 valence electrons. The number of halogens is 1. The first-order valence-electron chi connectivity index (χ1n) is 4.28. The monoisotopic (exact) mass is 236 g/mol. The quantitative estimate of drug-likeness (QED) is 0.721. The number of carbonyl (C=O) groups excluding carboxylic acids is 1. The van der Waals surface area contributed by atoms with Crippen LogP contribution in [0.25, 0.3) is 0 Å². The van der Waals surface area contributed by atoms with Crippen molar-refractivity contribution in [3.05, 3.63) is 46.0 Å².